The summed E-state index contributed by atoms with van der Waals surface area (Å²) in [5.74, 6) is -2.02. The van der Waals surface area contributed by atoms with Gasteiger partial charge in [-0.05, 0) is 18.1 Å². The van der Waals surface area contributed by atoms with Gasteiger partial charge in [0.15, 0.2) is 11.6 Å². The maximum atomic E-state index is 15.1. The summed E-state index contributed by atoms with van der Waals surface area (Å²) >= 11 is 0. The standard InChI is InChI=1S/C24H28F2N6O4/c1-16(33)28-14-19-15-31(24(35)36-19)18-11-20(25)23(21(26)12-18)30-8-7-29-32(10-9-30)22(34)5-4-17-3-2-6-27-13-17/h2-3,6,11-13,19,29H,4-5,7-10,14-15H2,1H3,(H,28,33)/t19-/m0/s1. The minimum atomic E-state index is -0.820. The highest BCUT2D eigenvalue weighted by Crippen LogP contribution is 2.31. The molecule has 3 heterocycles. The molecular formula is C24H28F2N6O4. The second kappa shape index (κ2) is 11.3. The molecule has 4 rings (SSSR count). The number of carbonyl (C=O) groups excluding carboxylic acids is 3. The van der Waals surface area contributed by atoms with E-state index in [9.17, 15) is 14.4 Å². The fourth-order valence-electron chi connectivity index (χ4n) is 4.21. The Labute approximate surface area is 207 Å². The first kappa shape index (κ1) is 25.3. The molecule has 2 saturated heterocycles. The number of hydrogen-bond donors (Lipinski definition) is 2. The van der Waals surface area contributed by atoms with Gasteiger partial charge in [0.1, 0.15) is 11.8 Å². The predicted octanol–water partition coefficient (Wildman–Crippen LogP) is 1.61. The number of amides is 3. The predicted molar refractivity (Wildman–Crippen MR) is 127 cm³/mol. The molecule has 0 bridgehead atoms. The van der Waals surface area contributed by atoms with Crippen LogP contribution < -0.4 is 20.5 Å². The van der Waals surface area contributed by atoms with Crippen LogP contribution in [0.3, 0.4) is 0 Å². The van der Waals surface area contributed by atoms with Crippen molar-refractivity contribution in [2.45, 2.75) is 25.9 Å². The van der Waals surface area contributed by atoms with Crippen molar-refractivity contribution in [3.05, 3.63) is 53.9 Å². The fraction of sp³-hybridized carbons (Fsp3) is 0.417. The van der Waals surface area contributed by atoms with Crippen LogP contribution in [0.2, 0.25) is 0 Å². The maximum absolute atomic E-state index is 15.1. The van der Waals surface area contributed by atoms with Crippen LogP contribution in [0.1, 0.15) is 18.9 Å². The number of aryl methyl sites for hydroxylation is 1. The van der Waals surface area contributed by atoms with Gasteiger partial charge in [-0.15, -0.1) is 0 Å². The monoisotopic (exact) mass is 502 g/mol. The zero-order valence-electron chi connectivity index (χ0n) is 19.9. The molecule has 2 aliphatic rings. The van der Waals surface area contributed by atoms with Crippen molar-refractivity contribution in [3.8, 4) is 0 Å². The van der Waals surface area contributed by atoms with Gasteiger partial charge in [0.05, 0.1) is 25.3 Å². The number of nitrogens with one attached hydrogen (secondary N) is 2. The summed E-state index contributed by atoms with van der Waals surface area (Å²) in [6.45, 7) is 2.58. The second-order valence-corrected chi connectivity index (χ2v) is 8.61. The molecule has 36 heavy (non-hydrogen) atoms. The Morgan fingerprint density at radius 3 is 2.69 bits per heavy atom. The number of pyridine rings is 1. The molecule has 0 radical (unpaired) electrons. The van der Waals surface area contributed by atoms with Crippen molar-refractivity contribution >= 4 is 29.3 Å². The van der Waals surface area contributed by atoms with E-state index in [0.717, 1.165) is 22.6 Å². The van der Waals surface area contributed by atoms with Crippen molar-refractivity contribution in [2.75, 3.05) is 49.1 Å². The van der Waals surface area contributed by atoms with Crippen molar-refractivity contribution in [2.24, 2.45) is 0 Å². The first-order chi connectivity index (χ1) is 17.3. The highest BCUT2D eigenvalue weighted by Gasteiger charge is 2.34. The smallest absolute Gasteiger partial charge is 0.414 e. The van der Waals surface area contributed by atoms with Crippen LogP contribution in [-0.4, -0.2) is 73.3 Å². The molecule has 192 valence electrons. The molecule has 2 aromatic rings. The average Bonchev–Trinajstić information content (AvgIpc) is 3.06. The minimum absolute atomic E-state index is 0.0317. The van der Waals surface area contributed by atoms with Crippen LogP contribution in [0, 0.1) is 11.6 Å². The molecule has 10 nitrogen and oxygen atoms in total. The third kappa shape index (κ3) is 6.06. The Morgan fingerprint density at radius 1 is 1.22 bits per heavy atom. The van der Waals surface area contributed by atoms with Crippen LogP contribution >= 0.6 is 0 Å². The maximum Gasteiger partial charge on any atom is 0.414 e. The van der Waals surface area contributed by atoms with E-state index in [-0.39, 0.29) is 62.3 Å². The number of cyclic esters (lactones) is 1. The zero-order chi connectivity index (χ0) is 25.7. The number of anilines is 2. The van der Waals surface area contributed by atoms with Crippen molar-refractivity contribution in [1.82, 2.24) is 20.7 Å². The first-order valence-corrected chi connectivity index (χ1v) is 11.7. The van der Waals surface area contributed by atoms with Crippen molar-refractivity contribution in [3.63, 3.8) is 0 Å². The van der Waals surface area contributed by atoms with Gasteiger partial charge in [-0.2, -0.15) is 0 Å². The lowest BCUT2D eigenvalue weighted by Gasteiger charge is -2.25. The highest BCUT2D eigenvalue weighted by molar-refractivity contribution is 5.90. The molecule has 3 amide bonds. The Bertz CT molecular complexity index is 1100. The number of halogens is 2. The molecule has 0 spiro atoms. The van der Waals surface area contributed by atoms with Gasteiger partial charge in [0.25, 0.3) is 0 Å². The minimum Gasteiger partial charge on any atom is -0.442 e. The van der Waals surface area contributed by atoms with E-state index in [1.807, 2.05) is 12.1 Å². The summed E-state index contributed by atoms with van der Waals surface area (Å²) in [5.41, 5.74) is 3.80. The lowest BCUT2D eigenvalue weighted by molar-refractivity contribution is -0.133. The van der Waals surface area contributed by atoms with Crippen LogP contribution in [0.15, 0.2) is 36.7 Å². The van der Waals surface area contributed by atoms with E-state index in [1.54, 1.807) is 12.4 Å². The van der Waals surface area contributed by atoms with Gasteiger partial charge in [-0.1, -0.05) is 6.07 Å². The SMILES string of the molecule is CC(=O)NC[C@H]1CN(c2cc(F)c(N3CCNN(C(=O)CCc4cccnc4)CC3)c(F)c2)C(=O)O1. The molecule has 0 aliphatic carbocycles. The molecule has 2 fully saturated rings. The van der Waals surface area contributed by atoms with Gasteiger partial charge in [0, 0.05) is 57.5 Å². The molecular weight excluding hydrogens is 474 g/mol. The van der Waals surface area contributed by atoms with Crippen LogP contribution in [0.25, 0.3) is 0 Å². The molecule has 0 unspecified atom stereocenters. The molecule has 2 N–H and O–H groups in total. The molecule has 1 aromatic carbocycles. The van der Waals surface area contributed by atoms with Crippen LogP contribution in [0.5, 0.6) is 0 Å². The Morgan fingerprint density at radius 2 is 2.00 bits per heavy atom. The lowest BCUT2D eigenvalue weighted by Crippen LogP contribution is -2.43. The van der Waals surface area contributed by atoms with Gasteiger partial charge >= 0.3 is 6.09 Å². The van der Waals surface area contributed by atoms with Crippen molar-refractivity contribution in [1.29, 1.82) is 0 Å². The van der Waals surface area contributed by atoms with E-state index < -0.39 is 23.8 Å². The summed E-state index contributed by atoms with van der Waals surface area (Å²) < 4.78 is 35.4. The van der Waals surface area contributed by atoms with Crippen LogP contribution in [-0.2, 0) is 20.7 Å². The zero-order valence-corrected chi connectivity index (χ0v) is 19.9. The summed E-state index contributed by atoms with van der Waals surface area (Å²) in [6, 6.07) is 5.90. The average molecular weight is 503 g/mol. The topological polar surface area (TPSA) is 107 Å². The Hall–Kier alpha value is -3.80. The molecule has 0 saturated carbocycles. The van der Waals surface area contributed by atoms with Gasteiger partial charge < -0.3 is 15.0 Å². The largest absolute Gasteiger partial charge is 0.442 e. The van der Waals surface area contributed by atoms with Gasteiger partial charge in [-0.25, -0.2) is 19.0 Å². The Balaban J connectivity index is 1.38. The number of hydrazine groups is 1. The molecule has 2 aliphatic heterocycles. The summed E-state index contributed by atoms with van der Waals surface area (Å²) in [7, 11) is 0. The number of benzene rings is 1. The van der Waals surface area contributed by atoms with E-state index in [2.05, 4.69) is 15.7 Å². The van der Waals surface area contributed by atoms with E-state index >= 15 is 8.78 Å². The highest BCUT2D eigenvalue weighted by atomic mass is 19.1. The van der Waals surface area contributed by atoms with E-state index in [4.69, 9.17) is 4.74 Å². The number of aromatic nitrogens is 1. The number of rotatable bonds is 7. The number of hydrogen-bond acceptors (Lipinski definition) is 7. The number of ether oxygens (including phenoxy) is 1. The van der Waals surface area contributed by atoms with Gasteiger partial charge in [-0.3, -0.25) is 24.5 Å². The quantitative estimate of drug-likeness (QED) is 0.593. The molecule has 1 atom stereocenters. The third-order valence-corrected chi connectivity index (χ3v) is 6.01. The number of nitrogens with zero attached hydrogens (tertiary/aromatic N) is 4. The Kier molecular flexibility index (Phi) is 7.93. The normalized spacial score (nSPS) is 18.1. The van der Waals surface area contributed by atoms with E-state index in [0.29, 0.717) is 13.0 Å². The molecule has 12 heteroatoms. The fourth-order valence-corrected chi connectivity index (χ4v) is 4.21. The summed E-state index contributed by atoms with van der Waals surface area (Å²) in [5, 5.41) is 4.04. The van der Waals surface area contributed by atoms with E-state index in [1.165, 1.54) is 16.8 Å². The summed E-state index contributed by atoms with van der Waals surface area (Å²) in [4.78, 5) is 42.7. The molecule has 1 aromatic heterocycles. The van der Waals surface area contributed by atoms with Crippen LogP contribution in [0.4, 0.5) is 25.0 Å². The summed E-state index contributed by atoms with van der Waals surface area (Å²) in [6.07, 6.45) is 2.85. The lowest BCUT2D eigenvalue weighted by atomic mass is 10.1. The number of carbonyl (C=O) groups is 3. The van der Waals surface area contributed by atoms with Gasteiger partial charge in [0.2, 0.25) is 11.8 Å². The first-order valence-electron chi connectivity index (χ1n) is 11.7. The van der Waals surface area contributed by atoms with Crippen molar-refractivity contribution < 1.29 is 27.9 Å². The second-order valence-electron chi connectivity index (χ2n) is 8.61. The third-order valence-electron chi connectivity index (χ3n) is 6.01.